The number of likely N-dealkylation sites (N-methyl/N-ethyl adjacent to an activating group) is 1. The monoisotopic (exact) mass is 342 g/mol. The van der Waals surface area contributed by atoms with Gasteiger partial charge in [0.15, 0.2) is 0 Å². The third-order valence-electron chi connectivity index (χ3n) is 3.72. The summed E-state index contributed by atoms with van der Waals surface area (Å²) in [4.78, 5) is 13.2. The number of hydrogen-bond donors (Lipinski definition) is 1. The second-order valence-electron chi connectivity index (χ2n) is 6.51. The van der Waals surface area contributed by atoms with Gasteiger partial charge in [0.05, 0.1) is 13.2 Å². The van der Waals surface area contributed by atoms with E-state index in [0.717, 1.165) is 31.7 Å². The summed E-state index contributed by atoms with van der Waals surface area (Å²) in [7, 11) is 3.54. The molecule has 1 rings (SSSR count). The molecule has 0 aromatic heterocycles. The summed E-state index contributed by atoms with van der Waals surface area (Å²) in [6.45, 7) is 8.37. The highest BCUT2D eigenvalue weighted by molar-refractivity contribution is 5.85. The Morgan fingerprint density at radius 3 is 2.61 bits per heavy atom. The number of carbonyl (C=O) groups is 1. The summed E-state index contributed by atoms with van der Waals surface area (Å²) in [6, 6.07) is 8.24. The summed E-state index contributed by atoms with van der Waals surface area (Å²) in [5, 5.41) is 3.25. The van der Waals surface area contributed by atoms with Gasteiger partial charge < -0.3 is 15.0 Å². The number of benzene rings is 1. The first kappa shape index (κ1) is 21.7. The molecule has 4 nitrogen and oxygen atoms in total. The fourth-order valence-corrected chi connectivity index (χ4v) is 2.08. The molecule has 1 aromatic carbocycles. The summed E-state index contributed by atoms with van der Waals surface area (Å²) < 4.78 is 5.78. The Labute approximate surface area is 147 Å². The van der Waals surface area contributed by atoms with Crippen LogP contribution in [0.3, 0.4) is 0 Å². The average Bonchev–Trinajstić information content (AvgIpc) is 2.47. The molecule has 132 valence electrons. The van der Waals surface area contributed by atoms with Gasteiger partial charge in [0, 0.05) is 26.1 Å². The Kier molecular flexibility index (Phi) is 9.93. The zero-order valence-corrected chi connectivity index (χ0v) is 15.8. The lowest BCUT2D eigenvalue weighted by atomic mass is 9.84. The van der Waals surface area contributed by atoms with Crippen LogP contribution in [0.15, 0.2) is 24.3 Å². The van der Waals surface area contributed by atoms with Crippen molar-refractivity contribution in [2.75, 3.05) is 33.8 Å². The summed E-state index contributed by atoms with van der Waals surface area (Å²) >= 11 is 0. The zero-order valence-electron chi connectivity index (χ0n) is 15.0. The molecular weight excluding hydrogens is 312 g/mol. The first-order valence-electron chi connectivity index (χ1n) is 8.01. The maximum atomic E-state index is 11.6. The summed E-state index contributed by atoms with van der Waals surface area (Å²) in [6.07, 6.45) is 2.21. The number of rotatable bonds is 9. The Morgan fingerprint density at radius 2 is 2.00 bits per heavy atom. The molecule has 0 unspecified atom stereocenters. The van der Waals surface area contributed by atoms with E-state index < -0.39 is 0 Å². The first-order valence-corrected chi connectivity index (χ1v) is 8.01. The molecule has 0 saturated carbocycles. The largest absolute Gasteiger partial charge is 0.494 e. The Balaban J connectivity index is 0.00000484. The van der Waals surface area contributed by atoms with Crippen LogP contribution in [-0.4, -0.2) is 44.6 Å². The van der Waals surface area contributed by atoms with Gasteiger partial charge in [0.2, 0.25) is 5.91 Å². The molecule has 0 aliphatic rings. The number of unbranched alkanes of at least 4 members (excludes halogenated alkanes) is 1. The zero-order chi connectivity index (χ0) is 16.6. The van der Waals surface area contributed by atoms with Gasteiger partial charge in [-0.2, -0.15) is 0 Å². The second kappa shape index (κ2) is 10.5. The predicted octanol–water partition coefficient (Wildman–Crippen LogP) is 3.24. The highest BCUT2D eigenvalue weighted by Gasteiger charge is 2.21. The smallest absolute Gasteiger partial charge is 0.236 e. The first-order chi connectivity index (χ1) is 10.4. The van der Waals surface area contributed by atoms with E-state index in [-0.39, 0.29) is 23.7 Å². The Morgan fingerprint density at radius 1 is 1.30 bits per heavy atom. The topological polar surface area (TPSA) is 41.6 Å². The van der Waals surface area contributed by atoms with Crippen molar-refractivity contribution in [1.29, 1.82) is 0 Å². The molecular formula is C18H31ClN2O2. The molecule has 1 N–H and O–H groups in total. The van der Waals surface area contributed by atoms with E-state index >= 15 is 0 Å². The molecule has 0 heterocycles. The van der Waals surface area contributed by atoms with Crippen LogP contribution < -0.4 is 10.1 Å². The predicted molar refractivity (Wildman–Crippen MR) is 98.7 cm³/mol. The van der Waals surface area contributed by atoms with Crippen molar-refractivity contribution in [3.05, 3.63) is 29.8 Å². The van der Waals surface area contributed by atoms with Crippen LogP contribution in [0.5, 0.6) is 5.75 Å². The quantitative estimate of drug-likeness (QED) is 0.700. The third-order valence-corrected chi connectivity index (χ3v) is 3.72. The minimum Gasteiger partial charge on any atom is -0.494 e. The molecule has 0 aliphatic heterocycles. The van der Waals surface area contributed by atoms with Gasteiger partial charge in [0.25, 0.3) is 0 Å². The minimum absolute atomic E-state index is 0. The van der Waals surface area contributed by atoms with E-state index in [0.29, 0.717) is 6.54 Å². The van der Waals surface area contributed by atoms with Crippen LogP contribution in [0, 0.1) is 0 Å². The molecule has 0 radical (unpaired) electrons. The van der Waals surface area contributed by atoms with Crippen molar-refractivity contribution in [1.82, 2.24) is 10.2 Å². The summed E-state index contributed by atoms with van der Waals surface area (Å²) in [5.74, 6) is 1.01. The van der Waals surface area contributed by atoms with Gasteiger partial charge in [0.1, 0.15) is 5.75 Å². The van der Waals surface area contributed by atoms with Crippen molar-refractivity contribution >= 4 is 18.3 Å². The van der Waals surface area contributed by atoms with Crippen LogP contribution in [-0.2, 0) is 10.2 Å². The standard InChI is InChI=1S/C18H30N2O2.ClH/c1-6-7-11-22-16-10-8-9-15(12-16)18(2,3)14-19-13-17(21)20(4)5;/h8-10,12,19H,6-7,11,13-14H2,1-5H3;1H. The lowest BCUT2D eigenvalue weighted by molar-refractivity contribution is -0.127. The van der Waals surface area contributed by atoms with Crippen LogP contribution in [0.2, 0.25) is 0 Å². The number of ether oxygens (including phenoxy) is 1. The number of halogens is 1. The van der Waals surface area contributed by atoms with Gasteiger partial charge in [-0.25, -0.2) is 0 Å². The maximum Gasteiger partial charge on any atom is 0.236 e. The van der Waals surface area contributed by atoms with Gasteiger partial charge >= 0.3 is 0 Å². The lowest BCUT2D eigenvalue weighted by Gasteiger charge is -2.26. The number of carbonyl (C=O) groups excluding carboxylic acids is 1. The molecule has 0 fully saturated rings. The maximum absolute atomic E-state index is 11.6. The van der Waals surface area contributed by atoms with E-state index in [4.69, 9.17) is 4.74 Å². The molecule has 0 bridgehead atoms. The molecule has 0 spiro atoms. The molecule has 1 amide bonds. The SMILES string of the molecule is CCCCOc1cccc(C(C)(C)CNCC(=O)N(C)C)c1.Cl. The molecule has 0 saturated heterocycles. The van der Waals surface area contributed by atoms with Crippen molar-refractivity contribution in [2.45, 2.75) is 39.0 Å². The van der Waals surface area contributed by atoms with E-state index in [9.17, 15) is 4.79 Å². The van der Waals surface area contributed by atoms with E-state index in [1.165, 1.54) is 5.56 Å². The highest BCUT2D eigenvalue weighted by atomic mass is 35.5. The molecule has 1 aromatic rings. The lowest BCUT2D eigenvalue weighted by Crippen LogP contribution is -2.39. The number of nitrogens with one attached hydrogen (secondary N) is 1. The molecule has 0 aliphatic carbocycles. The molecule has 0 atom stereocenters. The number of nitrogens with zero attached hydrogens (tertiary/aromatic N) is 1. The summed E-state index contributed by atoms with van der Waals surface area (Å²) in [5.41, 5.74) is 1.16. The van der Waals surface area contributed by atoms with Gasteiger partial charge in [-0.3, -0.25) is 4.79 Å². The van der Waals surface area contributed by atoms with Crippen molar-refractivity contribution in [3.8, 4) is 5.75 Å². The highest BCUT2D eigenvalue weighted by Crippen LogP contribution is 2.26. The van der Waals surface area contributed by atoms with Crippen molar-refractivity contribution in [2.24, 2.45) is 0 Å². The Bertz CT molecular complexity index is 476. The average molecular weight is 343 g/mol. The molecule has 5 heteroatoms. The van der Waals surface area contributed by atoms with Gasteiger partial charge in [-0.05, 0) is 24.1 Å². The van der Waals surface area contributed by atoms with Crippen LogP contribution in [0.25, 0.3) is 0 Å². The fraction of sp³-hybridized carbons (Fsp3) is 0.611. The third kappa shape index (κ3) is 7.71. The van der Waals surface area contributed by atoms with Gasteiger partial charge in [-0.1, -0.05) is 39.3 Å². The second-order valence-corrected chi connectivity index (χ2v) is 6.51. The van der Waals surface area contributed by atoms with Crippen molar-refractivity contribution in [3.63, 3.8) is 0 Å². The van der Waals surface area contributed by atoms with Crippen LogP contribution >= 0.6 is 12.4 Å². The van der Waals surface area contributed by atoms with E-state index in [1.54, 1.807) is 19.0 Å². The van der Waals surface area contributed by atoms with Crippen LogP contribution in [0.4, 0.5) is 0 Å². The minimum atomic E-state index is -0.0588. The van der Waals surface area contributed by atoms with Crippen molar-refractivity contribution < 1.29 is 9.53 Å². The van der Waals surface area contributed by atoms with Gasteiger partial charge in [-0.15, -0.1) is 12.4 Å². The van der Waals surface area contributed by atoms with Crippen LogP contribution in [0.1, 0.15) is 39.2 Å². The molecule has 23 heavy (non-hydrogen) atoms. The normalized spacial score (nSPS) is 10.8. The van der Waals surface area contributed by atoms with E-state index in [2.05, 4.69) is 38.2 Å². The Hall–Kier alpha value is -1.26. The number of hydrogen-bond acceptors (Lipinski definition) is 3. The van der Waals surface area contributed by atoms with E-state index in [1.807, 2.05) is 12.1 Å². The number of amides is 1. The fourth-order valence-electron chi connectivity index (χ4n) is 2.08.